The number of amidine groups is 1. The molecule has 0 N–H and O–H groups in total. The molecule has 4 rings (SSSR count). The van der Waals surface area contributed by atoms with Gasteiger partial charge in [-0.1, -0.05) is 41.6 Å². The number of halogens is 1. The van der Waals surface area contributed by atoms with Crippen molar-refractivity contribution in [2.24, 2.45) is 4.99 Å². The first kappa shape index (κ1) is 19.1. The molecule has 8 heteroatoms. The van der Waals surface area contributed by atoms with Gasteiger partial charge in [-0.05, 0) is 36.8 Å². The number of anilines is 1. The third kappa shape index (κ3) is 3.98. The summed E-state index contributed by atoms with van der Waals surface area (Å²) in [6, 6.07) is 13.2. The van der Waals surface area contributed by atoms with Crippen LogP contribution in [0.25, 0.3) is 0 Å². The Morgan fingerprint density at radius 2 is 1.96 bits per heavy atom. The molecular weight excluding hydrogens is 399 g/mol. The third-order valence-corrected chi connectivity index (χ3v) is 8.04. The Kier molecular flexibility index (Phi) is 5.01. The van der Waals surface area contributed by atoms with Crippen molar-refractivity contribution in [1.29, 1.82) is 0 Å². The number of carbonyl (C=O) groups excluding carboxylic acids is 1. The molecule has 0 saturated carbocycles. The summed E-state index contributed by atoms with van der Waals surface area (Å²) in [5.74, 6) is -0.596. The van der Waals surface area contributed by atoms with Crippen molar-refractivity contribution in [3.63, 3.8) is 0 Å². The highest BCUT2D eigenvalue weighted by Gasteiger charge is 2.49. The summed E-state index contributed by atoms with van der Waals surface area (Å²) in [7, 11) is -3.14. The van der Waals surface area contributed by atoms with Crippen LogP contribution in [0.3, 0.4) is 0 Å². The van der Waals surface area contributed by atoms with Crippen LogP contribution in [0.5, 0.6) is 0 Å². The Morgan fingerprint density at radius 3 is 2.68 bits per heavy atom. The van der Waals surface area contributed by atoms with Crippen LogP contribution >= 0.6 is 11.8 Å². The van der Waals surface area contributed by atoms with Crippen LogP contribution in [0.4, 0.5) is 10.1 Å². The van der Waals surface area contributed by atoms with E-state index < -0.39 is 9.84 Å². The van der Waals surface area contributed by atoms with Gasteiger partial charge in [-0.15, -0.1) is 0 Å². The van der Waals surface area contributed by atoms with Crippen LogP contribution in [0.15, 0.2) is 53.5 Å². The van der Waals surface area contributed by atoms with Gasteiger partial charge < -0.3 is 4.90 Å². The zero-order valence-corrected chi connectivity index (χ0v) is 16.8. The summed E-state index contributed by atoms with van der Waals surface area (Å²) in [6.45, 7) is 1.96. The lowest BCUT2D eigenvalue weighted by molar-refractivity contribution is -0.117. The molecule has 0 radical (unpaired) electrons. The molecule has 2 heterocycles. The maximum absolute atomic E-state index is 13.3. The number of aliphatic imine (C=N–C) groups is 1. The minimum Gasteiger partial charge on any atom is -0.316 e. The summed E-state index contributed by atoms with van der Waals surface area (Å²) in [6.07, 6.45) is 0.177. The van der Waals surface area contributed by atoms with Crippen molar-refractivity contribution in [2.75, 3.05) is 16.4 Å². The number of hydrogen-bond acceptors (Lipinski definition) is 4. The van der Waals surface area contributed by atoms with Crippen molar-refractivity contribution >= 4 is 38.4 Å². The smallest absolute Gasteiger partial charge is 0.252 e. The lowest BCUT2D eigenvalue weighted by Gasteiger charge is -2.24. The van der Waals surface area contributed by atoms with Crippen molar-refractivity contribution < 1.29 is 17.6 Å². The Labute approximate surface area is 167 Å². The molecule has 2 atom stereocenters. The molecule has 0 unspecified atom stereocenters. The predicted octanol–water partition coefficient (Wildman–Crippen LogP) is 2.98. The summed E-state index contributed by atoms with van der Waals surface area (Å²) in [5.41, 5.74) is 2.59. The van der Waals surface area contributed by atoms with Crippen LogP contribution in [0, 0.1) is 12.7 Å². The van der Waals surface area contributed by atoms with E-state index in [2.05, 4.69) is 4.99 Å². The second-order valence-corrected chi connectivity index (χ2v) is 10.5. The maximum atomic E-state index is 13.3. The van der Waals surface area contributed by atoms with Gasteiger partial charge in [-0.2, -0.15) is 4.99 Å². The van der Waals surface area contributed by atoms with E-state index in [4.69, 9.17) is 0 Å². The van der Waals surface area contributed by atoms with E-state index in [-0.39, 0.29) is 40.9 Å². The average molecular weight is 419 g/mol. The van der Waals surface area contributed by atoms with Gasteiger partial charge in [0.2, 0.25) is 0 Å². The van der Waals surface area contributed by atoms with Crippen LogP contribution in [-0.2, 0) is 21.1 Å². The lowest BCUT2D eigenvalue weighted by atomic mass is 10.1. The second kappa shape index (κ2) is 7.33. The number of rotatable bonds is 3. The van der Waals surface area contributed by atoms with E-state index in [1.54, 1.807) is 17.0 Å². The first-order valence-corrected chi connectivity index (χ1v) is 11.6. The average Bonchev–Trinajstić information content (AvgIpc) is 3.06. The largest absolute Gasteiger partial charge is 0.316 e. The molecule has 0 spiro atoms. The molecule has 2 aliphatic rings. The van der Waals surface area contributed by atoms with Crippen molar-refractivity contribution in [2.45, 2.75) is 24.6 Å². The van der Waals surface area contributed by atoms with E-state index >= 15 is 0 Å². The molecule has 146 valence electrons. The SMILES string of the molecule is Cc1cccc(CC(=O)N=C2S[C@@H]3CS(=O)(=O)C[C@@H]3N2c2ccc(F)cc2)c1. The van der Waals surface area contributed by atoms with E-state index in [9.17, 15) is 17.6 Å². The van der Waals surface area contributed by atoms with Gasteiger partial charge in [-0.3, -0.25) is 4.79 Å². The topological polar surface area (TPSA) is 66.8 Å². The molecule has 5 nitrogen and oxygen atoms in total. The Morgan fingerprint density at radius 1 is 1.21 bits per heavy atom. The number of amides is 1. The van der Waals surface area contributed by atoms with Crippen LogP contribution < -0.4 is 4.90 Å². The summed E-state index contributed by atoms with van der Waals surface area (Å²) < 4.78 is 37.5. The van der Waals surface area contributed by atoms with Gasteiger partial charge in [0.25, 0.3) is 5.91 Å². The minimum absolute atomic E-state index is 0.00708. The molecule has 2 aliphatic heterocycles. The number of carbonyl (C=O) groups is 1. The fourth-order valence-corrected chi connectivity index (χ4v) is 7.54. The number of benzene rings is 2. The highest BCUT2D eigenvalue weighted by atomic mass is 32.2. The quantitative estimate of drug-likeness (QED) is 0.767. The number of aryl methyl sites for hydroxylation is 1. The summed E-state index contributed by atoms with van der Waals surface area (Å²) in [4.78, 5) is 18.6. The number of hydrogen-bond donors (Lipinski definition) is 0. The summed E-state index contributed by atoms with van der Waals surface area (Å²) >= 11 is 1.31. The fraction of sp³-hybridized carbons (Fsp3) is 0.300. The Bertz CT molecular complexity index is 1050. The highest BCUT2D eigenvalue weighted by Crippen LogP contribution is 2.41. The molecule has 2 aromatic rings. The Hall–Kier alpha value is -2.19. The van der Waals surface area contributed by atoms with E-state index in [1.807, 2.05) is 31.2 Å². The number of thioether (sulfide) groups is 1. The van der Waals surface area contributed by atoms with E-state index in [0.717, 1.165) is 11.1 Å². The number of nitrogens with zero attached hydrogens (tertiary/aromatic N) is 2. The molecule has 0 aromatic heterocycles. The van der Waals surface area contributed by atoms with Gasteiger partial charge in [0.15, 0.2) is 15.0 Å². The standard InChI is InChI=1S/C20H19FN2O3S2/c1-13-3-2-4-14(9-13)10-19(24)22-20-23(16-7-5-15(21)6-8-16)17-11-28(25,26)12-18(17)27-20/h2-9,17-18H,10-12H2,1H3/t17-,18+/m0/s1. The zero-order valence-electron chi connectivity index (χ0n) is 15.2. The van der Waals surface area contributed by atoms with Crippen LogP contribution in [-0.4, -0.2) is 42.3 Å². The summed E-state index contributed by atoms with van der Waals surface area (Å²) in [5, 5.41) is 0.301. The van der Waals surface area contributed by atoms with Crippen molar-refractivity contribution in [3.05, 3.63) is 65.5 Å². The van der Waals surface area contributed by atoms with Crippen LogP contribution in [0.2, 0.25) is 0 Å². The van der Waals surface area contributed by atoms with Gasteiger partial charge in [0, 0.05) is 10.9 Å². The second-order valence-electron chi connectivity index (χ2n) is 7.10. The van der Waals surface area contributed by atoms with Gasteiger partial charge in [0.1, 0.15) is 5.82 Å². The molecule has 2 saturated heterocycles. The van der Waals surface area contributed by atoms with Crippen LogP contribution in [0.1, 0.15) is 11.1 Å². The first-order chi connectivity index (χ1) is 13.3. The van der Waals surface area contributed by atoms with E-state index in [0.29, 0.717) is 10.9 Å². The molecular formula is C20H19FN2O3S2. The lowest BCUT2D eigenvalue weighted by Crippen LogP contribution is -2.37. The van der Waals surface area contributed by atoms with Gasteiger partial charge >= 0.3 is 0 Å². The molecule has 1 amide bonds. The normalized spacial score (nSPS) is 24.5. The molecule has 0 aliphatic carbocycles. The third-order valence-electron chi connectivity index (χ3n) is 4.83. The van der Waals surface area contributed by atoms with Crippen molar-refractivity contribution in [3.8, 4) is 0 Å². The number of sulfone groups is 1. The zero-order chi connectivity index (χ0) is 19.9. The maximum Gasteiger partial charge on any atom is 0.252 e. The first-order valence-electron chi connectivity index (χ1n) is 8.90. The monoisotopic (exact) mass is 418 g/mol. The van der Waals surface area contributed by atoms with Gasteiger partial charge in [-0.25, -0.2) is 12.8 Å². The van der Waals surface area contributed by atoms with Crippen molar-refractivity contribution in [1.82, 2.24) is 0 Å². The highest BCUT2D eigenvalue weighted by molar-refractivity contribution is 8.16. The molecule has 0 bridgehead atoms. The number of fused-ring (bicyclic) bond motifs is 1. The molecule has 28 heavy (non-hydrogen) atoms. The Balaban J connectivity index is 1.63. The minimum atomic E-state index is -3.14. The van der Waals surface area contributed by atoms with E-state index in [1.165, 1.54) is 23.9 Å². The molecule has 2 fully saturated rings. The predicted molar refractivity (Wildman–Crippen MR) is 110 cm³/mol. The fourth-order valence-electron chi connectivity index (χ4n) is 3.61. The van der Waals surface area contributed by atoms with Gasteiger partial charge in [0.05, 0.1) is 24.0 Å². The molecule has 2 aromatic carbocycles.